The molecule has 1 aliphatic rings. The molecular formula is C55H35N3. The summed E-state index contributed by atoms with van der Waals surface area (Å²) < 4.78 is 0. The van der Waals surface area contributed by atoms with Crippen molar-refractivity contribution in [3.8, 4) is 33.6 Å². The molecule has 0 amide bonds. The highest BCUT2D eigenvalue weighted by molar-refractivity contribution is 6.22. The lowest BCUT2D eigenvalue weighted by atomic mass is 9.93. The number of aromatic nitrogens is 3. The van der Waals surface area contributed by atoms with Crippen LogP contribution in [-0.4, -0.2) is 15.0 Å². The Kier molecular flexibility index (Phi) is 7.36. The van der Waals surface area contributed by atoms with Crippen LogP contribution in [-0.2, 0) is 0 Å². The highest BCUT2D eigenvalue weighted by Crippen LogP contribution is 2.39. The van der Waals surface area contributed by atoms with Gasteiger partial charge >= 0.3 is 0 Å². The smallest absolute Gasteiger partial charge is 0.0972 e. The van der Waals surface area contributed by atoms with Crippen LogP contribution >= 0.6 is 0 Å². The number of rotatable bonds is 4. The molecule has 0 radical (unpaired) electrons. The topological polar surface area (TPSA) is 38.7 Å². The lowest BCUT2D eigenvalue weighted by Crippen LogP contribution is -1.94. The van der Waals surface area contributed by atoms with Crippen molar-refractivity contribution in [1.29, 1.82) is 0 Å². The molecule has 8 aromatic carbocycles. The number of pyridine rings is 3. The van der Waals surface area contributed by atoms with E-state index in [2.05, 4.69) is 188 Å². The van der Waals surface area contributed by atoms with Gasteiger partial charge in [0.15, 0.2) is 0 Å². The summed E-state index contributed by atoms with van der Waals surface area (Å²) in [6.07, 6.45) is 8.60. The number of hydrogen-bond acceptors (Lipinski definition) is 3. The molecule has 0 spiro atoms. The zero-order valence-corrected chi connectivity index (χ0v) is 31.7. The van der Waals surface area contributed by atoms with Gasteiger partial charge in [0.05, 0.1) is 33.6 Å². The minimum Gasteiger partial charge on any atom is -0.247 e. The Balaban J connectivity index is 0.947. The van der Waals surface area contributed by atoms with E-state index in [-0.39, 0.29) is 0 Å². The van der Waals surface area contributed by atoms with E-state index in [1.54, 1.807) is 0 Å². The van der Waals surface area contributed by atoms with Crippen molar-refractivity contribution >= 4 is 81.4 Å². The summed E-state index contributed by atoms with van der Waals surface area (Å²) >= 11 is 0. The van der Waals surface area contributed by atoms with Crippen molar-refractivity contribution in [1.82, 2.24) is 15.0 Å². The van der Waals surface area contributed by atoms with Crippen molar-refractivity contribution in [3.05, 3.63) is 194 Å². The van der Waals surface area contributed by atoms with E-state index in [1.807, 2.05) is 0 Å². The first-order valence-electron chi connectivity index (χ1n) is 20.1. The number of benzene rings is 8. The fourth-order valence-electron chi connectivity index (χ4n) is 9.11. The molecule has 11 aromatic rings. The van der Waals surface area contributed by atoms with Crippen LogP contribution in [0.4, 0.5) is 0 Å². The molecule has 3 nitrogen and oxygen atoms in total. The van der Waals surface area contributed by atoms with Crippen molar-refractivity contribution in [3.63, 3.8) is 0 Å². The van der Waals surface area contributed by atoms with Gasteiger partial charge in [0.25, 0.3) is 0 Å². The van der Waals surface area contributed by atoms with E-state index >= 15 is 0 Å². The Hall–Kier alpha value is -7.49. The number of hydrogen-bond donors (Lipinski definition) is 0. The van der Waals surface area contributed by atoms with Gasteiger partial charge in [-0.2, -0.15) is 0 Å². The van der Waals surface area contributed by atoms with Crippen molar-refractivity contribution < 1.29 is 0 Å². The van der Waals surface area contributed by atoms with E-state index in [0.29, 0.717) is 0 Å². The predicted molar refractivity (Wildman–Crippen MR) is 245 cm³/mol. The van der Waals surface area contributed by atoms with Gasteiger partial charge in [-0.25, -0.2) is 15.0 Å². The molecule has 3 aromatic heterocycles. The third-order valence-electron chi connectivity index (χ3n) is 12.1. The molecule has 0 aliphatic heterocycles. The highest BCUT2D eigenvalue weighted by Gasteiger charge is 2.15. The number of allylic oxidation sites excluding steroid dienone is 4. The molecule has 1 aliphatic carbocycles. The molecule has 0 saturated carbocycles. The monoisotopic (exact) mass is 737 g/mol. The largest absolute Gasteiger partial charge is 0.247 e. The predicted octanol–water partition coefficient (Wildman–Crippen LogP) is 14.7. The first-order valence-corrected chi connectivity index (χ1v) is 20.1. The van der Waals surface area contributed by atoms with E-state index in [1.165, 1.54) is 59.6 Å². The molecule has 3 heterocycles. The van der Waals surface area contributed by atoms with Crippen LogP contribution in [0, 0.1) is 0 Å². The quantitative estimate of drug-likeness (QED) is 0.169. The second kappa shape index (κ2) is 13.0. The summed E-state index contributed by atoms with van der Waals surface area (Å²) in [5, 5.41) is 13.2. The molecule has 0 bridgehead atoms. The molecule has 0 saturated heterocycles. The molecule has 0 fully saturated rings. The van der Waals surface area contributed by atoms with E-state index in [4.69, 9.17) is 15.0 Å². The fraction of sp³-hybridized carbons (Fsp3) is 0.0364. The minimum atomic E-state index is 0.939. The lowest BCUT2D eigenvalue weighted by Gasteiger charge is -2.14. The molecule has 0 unspecified atom stereocenters. The van der Waals surface area contributed by atoms with Gasteiger partial charge < -0.3 is 0 Å². The first-order chi connectivity index (χ1) is 28.7. The van der Waals surface area contributed by atoms with Gasteiger partial charge in [-0.3, -0.25) is 0 Å². The van der Waals surface area contributed by atoms with Crippen LogP contribution in [0.2, 0.25) is 0 Å². The highest BCUT2D eigenvalue weighted by atomic mass is 14.8. The molecule has 270 valence electrons. The van der Waals surface area contributed by atoms with Gasteiger partial charge in [-0.15, -0.1) is 0 Å². The zero-order valence-electron chi connectivity index (χ0n) is 31.7. The summed E-state index contributed by atoms with van der Waals surface area (Å²) in [4.78, 5) is 15.7. The number of nitrogens with zero attached hydrogens (tertiary/aromatic N) is 3. The summed E-state index contributed by atoms with van der Waals surface area (Å²) in [5.41, 5.74) is 11.7. The maximum Gasteiger partial charge on any atom is 0.0972 e. The first kappa shape index (κ1) is 32.7. The third-order valence-corrected chi connectivity index (χ3v) is 12.1. The third kappa shape index (κ3) is 5.32. The van der Waals surface area contributed by atoms with Crippen LogP contribution < -0.4 is 0 Å². The Bertz CT molecular complexity index is 3560. The Labute approximate surface area is 335 Å². The van der Waals surface area contributed by atoms with Crippen LogP contribution in [0.3, 0.4) is 0 Å². The van der Waals surface area contributed by atoms with E-state index < -0.39 is 0 Å². The molecular weight excluding hydrogens is 703 g/mol. The van der Waals surface area contributed by atoms with Crippen molar-refractivity contribution in [2.24, 2.45) is 0 Å². The zero-order chi connectivity index (χ0) is 38.2. The molecule has 3 heteroatoms. The van der Waals surface area contributed by atoms with Gasteiger partial charge in [-0.05, 0) is 98.3 Å². The van der Waals surface area contributed by atoms with Crippen LogP contribution in [0.5, 0.6) is 0 Å². The van der Waals surface area contributed by atoms with Gasteiger partial charge in [0.2, 0.25) is 0 Å². The average molecular weight is 738 g/mol. The van der Waals surface area contributed by atoms with Gasteiger partial charge in [-0.1, -0.05) is 152 Å². The Morgan fingerprint density at radius 1 is 0.379 bits per heavy atom. The van der Waals surface area contributed by atoms with Crippen LogP contribution in [0.25, 0.3) is 115 Å². The maximum atomic E-state index is 5.28. The Morgan fingerprint density at radius 2 is 1.03 bits per heavy atom. The van der Waals surface area contributed by atoms with Crippen LogP contribution in [0.1, 0.15) is 18.5 Å². The SMILES string of the molecule is C1=CCCC(c2ccc3ccc4ccc(-c5ccc6c(ccc7ccc(-c8cccc(-c9nc%10ccccc%10c%10c9ccc9ccccc9%10)c8)cc76)c5)nc4c3n2)=C1. The summed E-state index contributed by atoms with van der Waals surface area (Å²) in [6.45, 7) is 0. The van der Waals surface area contributed by atoms with Crippen LogP contribution in [0.15, 0.2) is 188 Å². The normalized spacial score (nSPS) is 13.1. The summed E-state index contributed by atoms with van der Waals surface area (Å²) in [5.74, 6) is 0. The van der Waals surface area contributed by atoms with E-state index in [0.717, 1.165) is 73.9 Å². The minimum absolute atomic E-state index is 0.939. The van der Waals surface area contributed by atoms with Crippen molar-refractivity contribution in [2.75, 3.05) is 0 Å². The maximum absolute atomic E-state index is 5.28. The molecule has 0 N–H and O–H groups in total. The standard InChI is InChI=1S/C55H35N3/c1-2-10-36(11-3-1)49-29-25-37-19-20-38-26-30-50(57-55(38)54(37)56-49)42-24-27-44-41(32-42)22-18-35-17-21-40(33-48(35)44)39-12-8-13-43(31-39)53-47-28-23-34-9-4-5-14-45(34)52(47)46-15-6-7-16-51(46)58-53/h1-2,4-10,12-33H,3,11H2. The summed E-state index contributed by atoms with van der Waals surface area (Å²) in [6, 6.07) is 61.5. The molecule has 12 rings (SSSR count). The second-order valence-electron chi connectivity index (χ2n) is 15.5. The van der Waals surface area contributed by atoms with E-state index in [9.17, 15) is 0 Å². The van der Waals surface area contributed by atoms with Gasteiger partial charge in [0.1, 0.15) is 0 Å². The molecule has 58 heavy (non-hydrogen) atoms. The average Bonchev–Trinajstić information content (AvgIpc) is 3.30. The number of para-hydroxylation sites is 1. The Morgan fingerprint density at radius 3 is 1.91 bits per heavy atom. The summed E-state index contributed by atoms with van der Waals surface area (Å²) in [7, 11) is 0. The fourth-order valence-corrected chi connectivity index (χ4v) is 9.11. The van der Waals surface area contributed by atoms with Gasteiger partial charge in [0, 0.05) is 38.1 Å². The lowest BCUT2D eigenvalue weighted by molar-refractivity contribution is 1.04. The number of fused-ring (bicyclic) bond motifs is 11. The molecule has 0 atom stereocenters. The van der Waals surface area contributed by atoms with Crippen molar-refractivity contribution in [2.45, 2.75) is 12.8 Å². The second-order valence-corrected chi connectivity index (χ2v) is 15.5.